The Bertz CT molecular complexity index is 563. The van der Waals surface area contributed by atoms with Crippen LogP contribution >= 0.6 is 31.9 Å². The van der Waals surface area contributed by atoms with Crippen molar-refractivity contribution in [3.63, 3.8) is 0 Å². The SMILES string of the molecule is Cc1cc(Br)ccc1NC(=O)c1cc(Br)c[nH]1. The summed E-state index contributed by atoms with van der Waals surface area (Å²) in [7, 11) is 0. The normalized spacial score (nSPS) is 10.3. The summed E-state index contributed by atoms with van der Waals surface area (Å²) in [5.74, 6) is -0.152. The summed E-state index contributed by atoms with van der Waals surface area (Å²) in [6.07, 6.45) is 1.73. The Balaban J connectivity index is 2.18. The third kappa shape index (κ3) is 2.98. The summed E-state index contributed by atoms with van der Waals surface area (Å²) >= 11 is 6.68. The predicted molar refractivity (Wildman–Crippen MR) is 75.3 cm³/mol. The fourth-order valence-corrected chi connectivity index (χ4v) is 2.27. The summed E-state index contributed by atoms with van der Waals surface area (Å²) < 4.78 is 1.85. The van der Waals surface area contributed by atoms with E-state index in [1.54, 1.807) is 12.3 Å². The Labute approximate surface area is 116 Å². The lowest BCUT2D eigenvalue weighted by Gasteiger charge is -2.07. The van der Waals surface area contributed by atoms with E-state index < -0.39 is 0 Å². The van der Waals surface area contributed by atoms with Gasteiger partial charge < -0.3 is 10.3 Å². The van der Waals surface area contributed by atoms with E-state index in [-0.39, 0.29) is 5.91 Å². The zero-order valence-electron chi connectivity index (χ0n) is 9.05. The standard InChI is InChI=1S/C12H10Br2N2O/c1-7-4-8(13)2-3-10(7)16-12(17)11-5-9(14)6-15-11/h2-6,15H,1H3,(H,16,17). The molecule has 0 bridgehead atoms. The van der Waals surface area contributed by atoms with Crippen molar-refractivity contribution in [2.45, 2.75) is 6.92 Å². The van der Waals surface area contributed by atoms with E-state index in [0.717, 1.165) is 20.2 Å². The fourth-order valence-electron chi connectivity index (χ4n) is 1.46. The number of carbonyl (C=O) groups is 1. The number of halogens is 2. The molecule has 1 aromatic carbocycles. The van der Waals surface area contributed by atoms with Crippen LogP contribution in [0.4, 0.5) is 5.69 Å². The van der Waals surface area contributed by atoms with Crippen molar-refractivity contribution < 1.29 is 4.79 Å². The molecule has 3 nitrogen and oxygen atoms in total. The molecule has 2 aromatic rings. The van der Waals surface area contributed by atoms with Crippen molar-refractivity contribution in [1.82, 2.24) is 4.98 Å². The molecule has 0 spiro atoms. The smallest absolute Gasteiger partial charge is 0.272 e. The van der Waals surface area contributed by atoms with E-state index in [0.29, 0.717) is 5.69 Å². The molecule has 17 heavy (non-hydrogen) atoms. The Morgan fingerprint density at radius 2 is 2.00 bits per heavy atom. The van der Waals surface area contributed by atoms with Gasteiger partial charge in [0.05, 0.1) is 0 Å². The minimum Gasteiger partial charge on any atom is -0.356 e. The van der Waals surface area contributed by atoms with Gasteiger partial charge in [0, 0.05) is 20.8 Å². The molecule has 0 atom stereocenters. The monoisotopic (exact) mass is 356 g/mol. The molecule has 0 saturated heterocycles. The van der Waals surface area contributed by atoms with Crippen LogP contribution in [0.1, 0.15) is 16.1 Å². The van der Waals surface area contributed by atoms with Crippen LogP contribution in [0, 0.1) is 6.92 Å². The van der Waals surface area contributed by atoms with Crippen molar-refractivity contribution in [2.24, 2.45) is 0 Å². The largest absolute Gasteiger partial charge is 0.356 e. The maximum atomic E-state index is 11.9. The second-order valence-electron chi connectivity index (χ2n) is 3.64. The van der Waals surface area contributed by atoms with Crippen molar-refractivity contribution >= 4 is 43.5 Å². The van der Waals surface area contributed by atoms with E-state index in [9.17, 15) is 4.79 Å². The molecule has 0 saturated carbocycles. The van der Waals surface area contributed by atoms with Crippen LogP contribution in [0.25, 0.3) is 0 Å². The number of aryl methyl sites for hydroxylation is 1. The zero-order valence-corrected chi connectivity index (χ0v) is 12.2. The fraction of sp³-hybridized carbons (Fsp3) is 0.0833. The third-order valence-electron chi connectivity index (χ3n) is 2.33. The predicted octanol–water partition coefficient (Wildman–Crippen LogP) is 4.10. The molecule has 2 rings (SSSR count). The molecular formula is C12H10Br2N2O. The first-order chi connectivity index (χ1) is 8.06. The topological polar surface area (TPSA) is 44.9 Å². The molecule has 0 aliphatic carbocycles. The number of hydrogen-bond donors (Lipinski definition) is 2. The highest BCUT2D eigenvalue weighted by atomic mass is 79.9. The lowest BCUT2D eigenvalue weighted by atomic mass is 10.2. The highest BCUT2D eigenvalue weighted by Gasteiger charge is 2.09. The Morgan fingerprint density at radius 3 is 2.59 bits per heavy atom. The van der Waals surface area contributed by atoms with Gasteiger partial charge in [-0.3, -0.25) is 4.79 Å². The second-order valence-corrected chi connectivity index (χ2v) is 5.48. The number of aromatic nitrogens is 1. The van der Waals surface area contributed by atoms with Crippen molar-refractivity contribution in [3.05, 3.63) is 50.7 Å². The van der Waals surface area contributed by atoms with Crippen molar-refractivity contribution in [2.75, 3.05) is 5.32 Å². The molecule has 0 radical (unpaired) electrons. The summed E-state index contributed by atoms with van der Waals surface area (Å²) in [5, 5.41) is 2.86. The van der Waals surface area contributed by atoms with Gasteiger partial charge in [0.15, 0.2) is 0 Å². The number of H-pyrrole nitrogens is 1. The van der Waals surface area contributed by atoms with E-state index in [2.05, 4.69) is 42.2 Å². The zero-order chi connectivity index (χ0) is 12.4. The number of nitrogens with one attached hydrogen (secondary N) is 2. The van der Waals surface area contributed by atoms with Crippen molar-refractivity contribution in [1.29, 1.82) is 0 Å². The summed E-state index contributed by atoms with van der Waals surface area (Å²) in [5.41, 5.74) is 2.35. The van der Waals surface area contributed by atoms with E-state index in [1.807, 2.05) is 25.1 Å². The Morgan fingerprint density at radius 1 is 1.24 bits per heavy atom. The Kier molecular flexibility index (Phi) is 3.69. The van der Waals surface area contributed by atoms with Gasteiger partial charge in [-0.15, -0.1) is 0 Å². The lowest BCUT2D eigenvalue weighted by Crippen LogP contribution is -2.12. The van der Waals surface area contributed by atoms with Gasteiger partial charge in [-0.25, -0.2) is 0 Å². The number of amides is 1. The van der Waals surface area contributed by atoms with Gasteiger partial charge in [-0.05, 0) is 52.7 Å². The molecule has 1 aromatic heterocycles. The minimum atomic E-state index is -0.152. The van der Waals surface area contributed by atoms with Gasteiger partial charge in [0.2, 0.25) is 0 Å². The van der Waals surface area contributed by atoms with Gasteiger partial charge in [0.25, 0.3) is 5.91 Å². The Hall–Kier alpha value is -1.07. The van der Waals surface area contributed by atoms with Crippen LogP contribution in [0.3, 0.4) is 0 Å². The highest BCUT2D eigenvalue weighted by molar-refractivity contribution is 9.10. The van der Waals surface area contributed by atoms with Crippen LogP contribution in [0.2, 0.25) is 0 Å². The third-order valence-corrected chi connectivity index (χ3v) is 3.28. The van der Waals surface area contributed by atoms with Crippen LogP contribution < -0.4 is 5.32 Å². The van der Waals surface area contributed by atoms with Gasteiger partial charge in [-0.1, -0.05) is 15.9 Å². The summed E-state index contributed by atoms with van der Waals surface area (Å²) in [4.78, 5) is 14.8. The van der Waals surface area contributed by atoms with Crippen LogP contribution in [-0.4, -0.2) is 10.9 Å². The summed E-state index contributed by atoms with van der Waals surface area (Å²) in [6.45, 7) is 1.95. The first-order valence-electron chi connectivity index (χ1n) is 4.97. The number of anilines is 1. The quantitative estimate of drug-likeness (QED) is 0.834. The molecule has 0 fully saturated rings. The first kappa shape index (κ1) is 12.4. The maximum Gasteiger partial charge on any atom is 0.272 e. The number of benzene rings is 1. The molecule has 88 valence electrons. The average Bonchev–Trinajstić information content (AvgIpc) is 2.69. The molecule has 1 heterocycles. The molecule has 1 amide bonds. The molecule has 0 aliphatic rings. The van der Waals surface area contributed by atoms with Crippen LogP contribution in [0.15, 0.2) is 39.4 Å². The number of hydrogen-bond acceptors (Lipinski definition) is 1. The van der Waals surface area contributed by atoms with E-state index in [1.165, 1.54) is 0 Å². The maximum absolute atomic E-state index is 11.9. The van der Waals surface area contributed by atoms with Crippen LogP contribution in [0.5, 0.6) is 0 Å². The second kappa shape index (κ2) is 5.06. The summed E-state index contributed by atoms with van der Waals surface area (Å²) in [6, 6.07) is 7.46. The molecule has 0 unspecified atom stereocenters. The highest BCUT2D eigenvalue weighted by Crippen LogP contribution is 2.21. The number of carbonyl (C=O) groups excluding carboxylic acids is 1. The van der Waals surface area contributed by atoms with Gasteiger partial charge in [0.1, 0.15) is 5.69 Å². The first-order valence-corrected chi connectivity index (χ1v) is 6.56. The molecule has 0 aliphatic heterocycles. The minimum absolute atomic E-state index is 0.152. The number of rotatable bonds is 2. The van der Waals surface area contributed by atoms with Crippen molar-refractivity contribution in [3.8, 4) is 0 Å². The molecular weight excluding hydrogens is 348 g/mol. The van der Waals surface area contributed by atoms with Gasteiger partial charge in [-0.2, -0.15) is 0 Å². The molecule has 2 N–H and O–H groups in total. The lowest BCUT2D eigenvalue weighted by molar-refractivity contribution is 0.102. The van der Waals surface area contributed by atoms with E-state index >= 15 is 0 Å². The average molecular weight is 358 g/mol. The number of aromatic amines is 1. The van der Waals surface area contributed by atoms with E-state index in [4.69, 9.17) is 0 Å². The van der Waals surface area contributed by atoms with Crippen LogP contribution in [-0.2, 0) is 0 Å². The molecule has 5 heteroatoms. The van der Waals surface area contributed by atoms with Gasteiger partial charge >= 0.3 is 0 Å².